The molecular weight excluding hydrogens is 409 g/mol. The molecule has 0 bridgehead atoms. The first kappa shape index (κ1) is 21.3. The van der Waals surface area contributed by atoms with Crippen LogP contribution in [0.1, 0.15) is 60.8 Å². The van der Waals surface area contributed by atoms with Gasteiger partial charge in [0.15, 0.2) is 12.0 Å². The van der Waals surface area contributed by atoms with E-state index in [0.29, 0.717) is 23.5 Å². The number of nitrogens with one attached hydrogen (secondary N) is 1. The molecule has 1 aliphatic carbocycles. The number of alkyl halides is 3. The number of nitrogens with two attached hydrogens (primary N) is 1. The molecular formula is C21H23F3N6O. The number of aliphatic hydroxyl groups excluding tert-OH is 1. The monoisotopic (exact) mass is 432 g/mol. The van der Waals surface area contributed by atoms with Crippen molar-refractivity contribution in [2.45, 2.75) is 56.6 Å². The summed E-state index contributed by atoms with van der Waals surface area (Å²) in [5.41, 5.74) is 6.87. The number of aromatic nitrogens is 2. The van der Waals surface area contributed by atoms with Crippen LogP contribution in [0.25, 0.3) is 0 Å². The lowest BCUT2D eigenvalue weighted by molar-refractivity contribution is -0.149. The minimum atomic E-state index is -4.56. The zero-order valence-electron chi connectivity index (χ0n) is 16.7. The van der Waals surface area contributed by atoms with Crippen molar-refractivity contribution in [1.82, 2.24) is 9.78 Å². The Balaban J connectivity index is 1.70. The number of rotatable bonds is 4. The fraction of sp³-hybridized carbons (Fsp3) is 0.476. The van der Waals surface area contributed by atoms with E-state index in [1.54, 1.807) is 17.0 Å². The molecule has 0 radical (unpaired) electrons. The summed E-state index contributed by atoms with van der Waals surface area (Å²) in [5.74, 6) is 0.133. The molecule has 4 atom stereocenters. The number of benzene rings is 1. The number of hydrogen-bond donors (Lipinski definition) is 3. The lowest BCUT2D eigenvalue weighted by Gasteiger charge is -2.28. The van der Waals surface area contributed by atoms with E-state index < -0.39 is 18.4 Å². The molecule has 1 aromatic heterocycles. The van der Waals surface area contributed by atoms with Crippen molar-refractivity contribution < 1.29 is 18.3 Å². The Hall–Kier alpha value is -2.90. The molecule has 31 heavy (non-hydrogen) atoms. The SMILES string of the molecule is N#CC1CCCCC1n1nc(Nc2cccc(C(N)C(F)(F)F)c2)c2c1CC=NC2O. The van der Waals surface area contributed by atoms with Crippen molar-refractivity contribution in [3.05, 3.63) is 41.1 Å². The summed E-state index contributed by atoms with van der Waals surface area (Å²) in [4.78, 5) is 4.05. The fourth-order valence-electron chi connectivity index (χ4n) is 4.33. The highest BCUT2D eigenvalue weighted by Crippen LogP contribution is 2.40. The maximum absolute atomic E-state index is 13.0. The van der Waals surface area contributed by atoms with Gasteiger partial charge < -0.3 is 16.2 Å². The first-order chi connectivity index (χ1) is 14.8. The largest absolute Gasteiger partial charge is 0.407 e. The highest BCUT2D eigenvalue weighted by Gasteiger charge is 2.38. The standard InChI is InChI=1S/C21H23F3N6O/c22-21(23,24)18(26)12-5-3-6-14(10-12)28-19-17-16(8-9-27-20(17)31)30(29-19)15-7-2-1-4-13(15)11-25/h3,5-6,9-10,13,15,18,20,31H,1-2,4,7-8,26H2,(H,28,29). The van der Waals surface area contributed by atoms with Crippen LogP contribution in [-0.4, -0.2) is 27.3 Å². The van der Waals surface area contributed by atoms with Gasteiger partial charge in [-0.25, -0.2) is 0 Å². The number of nitrogens with zero attached hydrogens (tertiary/aromatic N) is 4. The fourth-order valence-corrected chi connectivity index (χ4v) is 4.33. The third kappa shape index (κ3) is 4.16. The van der Waals surface area contributed by atoms with Gasteiger partial charge in [-0.15, -0.1) is 0 Å². The molecule has 2 heterocycles. The highest BCUT2D eigenvalue weighted by molar-refractivity contribution is 5.70. The van der Waals surface area contributed by atoms with Gasteiger partial charge in [0.1, 0.15) is 6.04 Å². The third-order valence-electron chi connectivity index (χ3n) is 5.91. The van der Waals surface area contributed by atoms with E-state index in [9.17, 15) is 23.5 Å². The molecule has 1 aromatic carbocycles. The smallest absolute Gasteiger partial charge is 0.368 e. The van der Waals surface area contributed by atoms with Crippen LogP contribution in [0.4, 0.5) is 24.7 Å². The van der Waals surface area contributed by atoms with Gasteiger partial charge in [-0.2, -0.15) is 23.5 Å². The van der Waals surface area contributed by atoms with Gasteiger partial charge in [-0.3, -0.25) is 9.67 Å². The van der Waals surface area contributed by atoms with E-state index in [0.717, 1.165) is 31.4 Å². The molecule has 164 valence electrons. The summed E-state index contributed by atoms with van der Waals surface area (Å²) < 4.78 is 40.8. The van der Waals surface area contributed by atoms with E-state index in [4.69, 9.17) is 5.73 Å². The Morgan fingerprint density at radius 3 is 2.81 bits per heavy atom. The molecule has 1 aliphatic heterocycles. The van der Waals surface area contributed by atoms with Crippen LogP contribution in [0, 0.1) is 17.2 Å². The van der Waals surface area contributed by atoms with Gasteiger partial charge in [0, 0.05) is 18.3 Å². The molecule has 7 nitrogen and oxygen atoms in total. The van der Waals surface area contributed by atoms with Gasteiger partial charge in [0.05, 0.1) is 29.3 Å². The lowest BCUT2D eigenvalue weighted by Crippen LogP contribution is -2.28. The molecule has 0 amide bonds. The summed E-state index contributed by atoms with van der Waals surface area (Å²) in [5, 5.41) is 27.7. The van der Waals surface area contributed by atoms with Crippen LogP contribution in [0.2, 0.25) is 0 Å². The van der Waals surface area contributed by atoms with Crippen molar-refractivity contribution >= 4 is 17.7 Å². The van der Waals surface area contributed by atoms with Crippen LogP contribution in [0.5, 0.6) is 0 Å². The maximum atomic E-state index is 13.0. The minimum Gasteiger partial charge on any atom is -0.368 e. The molecule has 4 rings (SSSR count). The Bertz CT molecular complexity index is 1030. The van der Waals surface area contributed by atoms with Crippen LogP contribution in [0.15, 0.2) is 29.3 Å². The second kappa shape index (κ2) is 8.32. The topological polar surface area (TPSA) is 112 Å². The zero-order valence-corrected chi connectivity index (χ0v) is 16.7. The van der Waals surface area contributed by atoms with Gasteiger partial charge >= 0.3 is 6.18 Å². The summed E-state index contributed by atoms with van der Waals surface area (Å²) in [6.07, 6.45) is -0.0751. The summed E-state index contributed by atoms with van der Waals surface area (Å²) in [6, 6.07) is 5.87. The van der Waals surface area contributed by atoms with Gasteiger partial charge in [0.25, 0.3) is 0 Å². The number of halogens is 3. The predicted molar refractivity (Wildman–Crippen MR) is 109 cm³/mol. The van der Waals surface area contributed by atoms with Crippen molar-refractivity contribution in [3.63, 3.8) is 0 Å². The molecule has 4 unspecified atom stereocenters. The van der Waals surface area contributed by atoms with E-state index in [1.165, 1.54) is 18.2 Å². The van der Waals surface area contributed by atoms with Crippen molar-refractivity contribution in [2.24, 2.45) is 16.6 Å². The Morgan fingerprint density at radius 2 is 2.06 bits per heavy atom. The number of nitriles is 1. The Morgan fingerprint density at radius 1 is 1.29 bits per heavy atom. The minimum absolute atomic E-state index is 0.0822. The third-order valence-corrected chi connectivity index (χ3v) is 5.91. The van der Waals surface area contributed by atoms with Gasteiger partial charge in [-0.05, 0) is 30.5 Å². The average molecular weight is 432 g/mol. The molecule has 4 N–H and O–H groups in total. The molecule has 1 fully saturated rings. The van der Waals surface area contributed by atoms with Gasteiger partial charge in [0.2, 0.25) is 0 Å². The van der Waals surface area contributed by atoms with Crippen LogP contribution in [-0.2, 0) is 6.42 Å². The van der Waals surface area contributed by atoms with E-state index >= 15 is 0 Å². The normalized spacial score (nSPS) is 24.3. The number of aliphatic hydroxyl groups is 1. The van der Waals surface area contributed by atoms with Gasteiger partial charge in [-0.1, -0.05) is 25.0 Å². The van der Waals surface area contributed by atoms with E-state index in [1.807, 2.05) is 0 Å². The Labute approximate surface area is 177 Å². The summed E-state index contributed by atoms with van der Waals surface area (Å²) in [7, 11) is 0. The predicted octanol–water partition coefficient (Wildman–Crippen LogP) is 4.06. The highest BCUT2D eigenvalue weighted by atomic mass is 19.4. The molecule has 2 aliphatic rings. The van der Waals surface area contributed by atoms with E-state index in [2.05, 4.69) is 21.5 Å². The second-order valence-electron chi connectivity index (χ2n) is 7.92. The molecule has 2 aromatic rings. The van der Waals surface area contributed by atoms with Crippen LogP contribution >= 0.6 is 0 Å². The first-order valence-corrected chi connectivity index (χ1v) is 10.2. The van der Waals surface area contributed by atoms with Crippen molar-refractivity contribution in [1.29, 1.82) is 5.26 Å². The summed E-state index contributed by atoms with van der Waals surface area (Å²) >= 11 is 0. The number of fused-ring (bicyclic) bond motifs is 1. The molecule has 0 saturated heterocycles. The molecule has 0 spiro atoms. The zero-order chi connectivity index (χ0) is 22.2. The van der Waals surface area contributed by atoms with Crippen LogP contribution < -0.4 is 11.1 Å². The van der Waals surface area contributed by atoms with Crippen molar-refractivity contribution in [3.8, 4) is 6.07 Å². The maximum Gasteiger partial charge on any atom is 0.407 e. The summed E-state index contributed by atoms with van der Waals surface area (Å²) in [6.45, 7) is 0. The second-order valence-corrected chi connectivity index (χ2v) is 7.92. The Kier molecular flexibility index (Phi) is 5.73. The van der Waals surface area contributed by atoms with Crippen molar-refractivity contribution in [2.75, 3.05) is 5.32 Å². The van der Waals surface area contributed by atoms with Crippen LogP contribution in [0.3, 0.4) is 0 Å². The van der Waals surface area contributed by atoms with E-state index in [-0.39, 0.29) is 17.5 Å². The number of anilines is 2. The molecule has 10 heteroatoms. The lowest BCUT2D eigenvalue weighted by atomic mass is 9.85. The average Bonchev–Trinajstić information content (AvgIpc) is 3.12. The quantitative estimate of drug-likeness (QED) is 0.674. The number of hydrogen-bond acceptors (Lipinski definition) is 6. The first-order valence-electron chi connectivity index (χ1n) is 10.2. The molecule has 1 saturated carbocycles. The number of aliphatic imine (C=N–C) groups is 1.